The minimum Gasteiger partial charge on any atom is -0.497 e. The van der Waals surface area contributed by atoms with E-state index in [0.29, 0.717) is 21.4 Å². The number of halogens is 2. The first-order valence-corrected chi connectivity index (χ1v) is 8.79. The number of hydrogen-bond donors (Lipinski definition) is 0. The highest BCUT2D eigenvalue weighted by Gasteiger charge is 2.20. The molecule has 0 saturated carbocycles. The minimum absolute atomic E-state index is 0.258. The Morgan fingerprint density at radius 3 is 2.48 bits per heavy atom. The van der Waals surface area contributed by atoms with E-state index in [9.17, 15) is 9.59 Å². The van der Waals surface area contributed by atoms with Gasteiger partial charge >= 0.3 is 5.97 Å². The second-order valence-electron chi connectivity index (χ2n) is 5.11. The predicted octanol–water partition coefficient (Wildman–Crippen LogP) is 5.26. The zero-order valence-electron chi connectivity index (χ0n) is 13.0. The zero-order chi connectivity index (χ0) is 18.0. The first-order chi connectivity index (χ1) is 12.0. The van der Waals surface area contributed by atoms with Gasteiger partial charge in [0.05, 0.1) is 12.1 Å². The molecule has 0 aliphatic rings. The first-order valence-electron chi connectivity index (χ1n) is 7.21. The Hall–Kier alpha value is -2.08. The minimum atomic E-state index is -0.632. The molecule has 3 rings (SSSR count). The highest BCUT2D eigenvalue weighted by Crippen LogP contribution is 2.37. The van der Waals surface area contributed by atoms with Crippen molar-refractivity contribution in [3.8, 4) is 5.75 Å². The van der Waals surface area contributed by atoms with Gasteiger partial charge in [-0.1, -0.05) is 23.2 Å². The number of fused-ring (bicyclic) bond motifs is 1. The van der Waals surface area contributed by atoms with Crippen LogP contribution in [-0.2, 0) is 4.74 Å². The van der Waals surface area contributed by atoms with E-state index in [1.807, 2.05) is 0 Å². The van der Waals surface area contributed by atoms with Gasteiger partial charge in [0.1, 0.15) is 10.6 Å². The SMILES string of the molecule is COc1ccc2c(Cl)c(C(=O)OCC(=O)c3ccc(Cl)cc3)sc2c1. The van der Waals surface area contributed by atoms with Gasteiger partial charge in [0.15, 0.2) is 12.4 Å². The molecule has 0 amide bonds. The number of methoxy groups -OCH3 is 1. The number of Topliss-reactive ketones (excluding diaryl/α,β-unsaturated/α-hetero) is 1. The van der Waals surface area contributed by atoms with Crippen molar-refractivity contribution in [2.45, 2.75) is 0 Å². The molecule has 3 aromatic rings. The Morgan fingerprint density at radius 1 is 1.08 bits per heavy atom. The van der Waals surface area contributed by atoms with Crippen LogP contribution in [0.2, 0.25) is 10.0 Å². The van der Waals surface area contributed by atoms with Gasteiger partial charge in [-0.2, -0.15) is 0 Å². The number of thiophene rings is 1. The Morgan fingerprint density at radius 2 is 1.80 bits per heavy atom. The topological polar surface area (TPSA) is 52.6 Å². The summed E-state index contributed by atoms with van der Waals surface area (Å²) in [5.74, 6) is -0.278. The average Bonchev–Trinajstić information content (AvgIpc) is 2.96. The lowest BCUT2D eigenvalue weighted by Gasteiger charge is -2.03. The smallest absolute Gasteiger partial charge is 0.350 e. The number of ketones is 1. The van der Waals surface area contributed by atoms with Crippen LogP contribution in [0.4, 0.5) is 0 Å². The first kappa shape index (κ1) is 17.7. The number of esters is 1. The van der Waals surface area contributed by atoms with Crippen LogP contribution in [0.15, 0.2) is 42.5 Å². The molecule has 0 bridgehead atoms. The van der Waals surface area contributed by atoms with Crippen LogP contribution in [-0.4, -0.2) is 25.5 Å². The van der Waals surface area contributed by atoms with Crippen molar-refractivity contribution < 1.29 is 19.1 Å². The molecule has 0 unspecified atom stereocenters. The molecule has 128 valence electrons. The summed E-state index contributed by atoms with van der Waals surface area (Å²) in [5, 5.41) is 1.58. The molecule has 7 heteroatoms. The van der Waals surface area contributed by atoms with E-state index in [2.05, 4.69) is 0 Å². The number of carbonyl (C=O) groups is 2. The normalized spacial score (nSPS) is 10.7. The monoisotopic (exact) mass is 394 g/mol. The molecule has 0 radical (unpaired) electrons. The maximum atomic E-state index is 12.3. The summed E-state index contributed by atoms with van der Waals surface area (Å²) < 4.78 is 11.1. The van der Waals surface area contributed by atoms with Crippen LogP contribution in [0.1, 0.15) is 20.0 Å². The van der Waals surface area contributed by atoms with E-state index < -0.39 is 5.97 Å². The van der Waals surface area contributed by atoms with Crippen LogP contribution in [0.5, 0.6) is 5.75 Å². The fraction of sp³-hybridized carbons (Fsp3) is 0.111. The van der Waals surface area contributed by atoms with Gasteiger partial charge in [0.2, 0.25) is 0 Å². The Kier molecular flexibility index (Phi) is 5.27. The molecule has 0 spiro atoms. The fourth-order valence-electron chi connectivity index (χ4n) is 2.22. The summed E-state index contributed by atoms with van der Waals surface area (Å²) in [6, 6.07) is 11.7. The molecule has 0 N–H and O–H groups in total. The molecule has 0 aliphatic carbocycles. The lowest BCUT2D eigenvalue weighted by molar-refractivity contribution is 0.0480. The maximum Gasteiger partial charge on any atom is 0.350 e. The largest absolute Gasteiger partial charge is 0.497 e. The molecule has 0 atom stereocenters. The number of benzene rings is 2. The van der Waals surface area contributed by atoms with E-state index >= 15 is 0 Å². The van der Waals surface area contributed by atoms with Gasteiger partial charge in [-0.15, -0.1) is 11.3 Å². The highest BCUT2D eigenvalue weighted by molar-refractivity contribution is 7.21. The summed E-state index contributed by atoms with van der Waals surface area (Å²) in [5.41, 5.74) is 0.421. The summed E-state index contributed by atoms with van der Waals surface area (Å²) in [7, 11) is 1.56. The van der Waals surface area contributed by atoms with Crippen molar-refractivity contribution in [3.05, 3.63) is 63.0 Å². The van der Waals surface area contributed by atoms with Crippen LogP contribution in [0.3, 0.4) is 0 Å². The number of ether oxygens (including phenoxy) is 2. The average molecular weight is 395 g/mol. The fourth-order valence-corrected chi connectivity index (χ4v) is 3.78. The highest BCUT2D eigenvalue weighted by atomic mass is 35.5. The van der Waals surface area contributed by atoms with E-state index in [1.165, 1.54) is 11.3 Å². The number of rotatable bonds is 5. The molecule has 25 heavy (non-hydrogen) atoms. The molecule has 0 aliphatic heterocycles. The van der Waals surface area contributed by atoms with E-state index in [0.717, 1.165) is 10.1 Å². The lowest BCUT2D eigenvalue weighted by Crippen LogP contribution is -2.13. The summed E-state index contributed by atoms with van der Waals surface area (Å²) >= 11 is 13.2. The summed E-state index contributed by atoms with van der Waals surface area (Å²) in [6.07, 6.45) is 0. The molecule has 1 aromatic heterocycles. The van der Waals surface area contributed by atoms with Crippen molar-refractivity contribution >= 4 is 56.4 Å². The molecule has 0 fully saturated rings. The molecule has 2 aromatic carbocycles. The molecule has 0 saturated heterocycles. The van der Waals surface area contributed by atoms with E-state index in [-0.39, 0.29) is 17.3 Å². The van der Waals surface area contributed by atoms with E-state index in [1.54, 1.807) is 49.6 Å². The second-order valence-corrected chi connectivity index (χ2v) is 6.98. The predicted molar refractivity (Wildman–Crippen MR) is 99.5 cm³/mol. The van der Waals surface area contributed by atoms with Gasteiger partial charge in [-0.3, -0.25) is 4.79 Å². The Bertz CT molecular complexity index is 948. The van der Waals surface area contributed by atoms with Gasteiger partial charge in [0.25, 0.3) is 0 Å². The van der Waals surface area contributed by atoms with Crippen molar-refractivity contribution in [2.75, 3.05) is 13.7 Å². The Balaban J connectivity index is 1.74. The van der Waals surface area contributed by atoms with Crippen LogP contribution in [0.25, 0.3) is 10.1 Å². The maximum absolute atomic E-state index is 12.3. The zero-order valence-corrected chi connectivity index (χ0v) is 15.4. The van der Waals surface area contributed by atoms with Crippen molar-refractivity contribution in [3.63, 3.8) is 0 Å². The van der Waals surface area contributed by atoms with Crippen molar-refractivity contribution in [2.24, 2.45) is 0 Å². The third-order valence-electron chi connectivity index (χ3n) is 3.52. The number of hydrogen-bond acceptors (Lipinski definition) is 5. The van der Waals surface area contributed by atoms with Crippen molar-refractivity contribution in [1.29, 1.82) is 0 Å². The standard InChI is InChI=1S/C18H12Cl2O4S/c1-23-12-6-7-13-15(8-12)25-17(16(13)20)18(22)24-9-14(21)10-2-4-11(19)5-3-10/h2-8H,9H2,1H3. The lowest BCUT2D eigenvalue weighted by atomic mass is 10.1. The molecule has 1 heterocycles. The third kappa shape index (κ3) is 3.79. The number of carbonyl (C=O) groups excluding carboxylic acids is 2. The van der Waals surface area contributed by atoms with E-state index in [4.69, 9.17) is 32.7 Å². The van der Waals surface area contributed by atoms with Gasteiger partial charge in [0, 0.05) is 20.7 Å². The Labute approximate surface area is 157 Å². The summed E-state index contributed by atoms with van der Waals surface area (Å²) in [4.78, 5) is 24.6. The summed E-state index contributed by atoms with van der Waals surface area (Å²) in [6.45, 7) is -0.367. The van der Waals surface area contributed by atoms with Gasteiger partial charge < -0.3 is 9.47 Å². The third-order valence-corrected chi connectivity index (χ3v) is 5.41. The quantitative estimate of drug-likeness (QED) is 0.437. The van der Waals surface area contributed by atoms with Gasteiger partial charge in [-0.25, -0.2) is 4.79 Å². The van der Waals surface area contributed by atoms with Gasteiger partial charge in [-0.05, 0) is 42.5 Å². The second kappa shape index (κ2) is 7.44. The molecular formula is C18H12Cl2O4S. The van der Waals surface area contributed by atoms with Crippen molar-refractivity contribution in [1.82, 2.24) is 0 Å². The molecular weight excluding hydrogens is 383 g/mol. The van der Waals surface area contributed by atoms with Crippen LogP contribution < -0.4 is 4.74 Å². The van der Waals surface area contributed by atoms with Crippen LogP contribution in [0, 0.1) is 0 Å². The van der Waals surface area contributed by atoms with Crippen LogP contribution >= 0.6 is 34.5 Å². The molecule has 4 nitrogen and oxygen atoms in total.